The normalized spacial score (nSPS) is 24.6. The molecule has 2 aliphatic carbocycles. The number of pyridine rings is 2. The molecule has 266 valence electrons. The zero-order chi connectivity index (χ0) is 35.5. The second kappa shape index (κ2) is 16.3. The lowest BCUT2D eigenvalue weighted by molar-refractivity contribution is 0.0275. The van der Waals surface area contributed by atoms with E-state index in [2.05, 4.69) is 85.1 Å². The third-order valence-electron chi connectivity index (χ3n) is 9.18. The summed E-state index contributed by atoms with van der Waals surface area (Å²) in [4.78, 5) is 9.11. The van der Waals surface area contributed by atoms with Crippen LogP contribution in [0, 0.1) is 11.8 Å². The van der Waals surface area contributed by atoms with Crippen molar-refractivity contribution in [2.24, 2.45) is 11.8 Å². The molecule has 2 aliphatic rings. The fourth-order valence-corrected chi connectivity index (χ4v) is 8.93. The fourth-order valence-electron chi connectivity index (χ4n) is 5.04. The van der Waals surface area contributed by atoms with Gasteiger partial charge in [-0.25, -0.2) is 27.8 Å². The molecule has 47 heavy (non-hydrogen) atoms. The predicted octanol–water partition coefficient (Wildman–Crippen LogP) is 8.45. The number of hydrogen-bond acceptors (Lipinski definition) is 6. The minimum absolute atomic E-state index is 0.0261. The molecule has 0 bridgehead atoms. The molecule has 0 spiro atoms. The van der Waals surface area contributed by atoms with Crippen LogP contribution in [-0.4, -0.2) is 53.5 Å². The molecule has 2 heterocycles. The van der Waals surface area contributed by atoms with E-state index in [1.165, 1.54) is 0 Å². The quantitative estimate of drug-likeness (QED) is 0.164. The topological polar surface area (TPSA) is 113 Å². The van der Waals surface area contributed by atoms with E-state index in [4.69, 9.17) is 4.43 Å². The molecule has 4 atom stereocenters. The number of nitrogens with one attached hydrogen (secondary N) is 2. The number of rotatable bonds is 10. The molecule has 2 saturated carbocycles. The van der Waals surface area contributed by atoms with Crippen molar-refractivity contribution >= 4 is 62.1 Å². The van der Waals surface area contributed by atoms with Crippen LogP contribution >= 0.6 is 31.9 Å². The van der Waals surface area contributed by atoms with Gasteiger partial charge in [0.15, 0.2) is 8.32 Å². The molecule has 13 heteroatoms. The van der Waals surface area contributed by atoms with Crippen LogP contribution in [0.15, 0.2) is 45.6 Å². The van der Waals surface area contributed by atoms with Gasteiger partial charge in [-0.15, -0.1) is 0 Å². The Hall–Kier alpha value is -0.383. The number of hydrogen-bond donors (Lipinski definition) is 3. The van der Waals surface area contributed by atoms with Crippen LogP contribution in [0.25, 0.3) is 0 Å². The molecular weight excluding hydrogens is 780 g/mol. The van der Waals surface area contributed by atoms with Crippen LogP contribution < -0.4 is 9.44 Å². The zero-order valence-electron chi connectivity index (χ0n) is 29.9. The van der Waals surface area contributed by atoms with E-state index < -0.39 is 30.3 Å². The molecule has 4 rings (SSSR count). The number of aromatic nitrogens is 2. The maximum atomic E-state index is 12.8. The minimum Gasteiger partial charge on any atom is -0.414 e. The number of nitrogens with zero attached hydrogens (tertiary/aromatic N) is 2. The van der Waals surface area contributed by atoms with Crippen LogP contribution in [0.2, 0.25) is 18.1 Å². The molecule has 0 amide bonds. The lowest BCUT2D eigenvalue weighted by Crippen LogP contribution is -2.50. The van der Waals surface area contributed by atoms with Gasteiger partial charge in [-0.2, -0.15) is 0 Å². The zero-order valence-corrected chi connectivity index (χ0v) is 35.7. The molecule has 2 fully saturated rings. The van der Waals surface area contributed by atoms with Gasteiger partial charge in [0.1, 0.15) is 9.21 Å². The van der Waals surface area contributed by atoms with Gasteiger partial charge in [-0.3, -0.25) is 0 Å². The van der Waals surface area contributed by atoms with Gasteiger partial charge in [0, 0.05) is 6.10 Å². The van der Waals surface area contributed by atoms with Crippen molar-refractivity contribution in [3.05, 3.63) is 57.0 Å². The van der Waals surface area contributed by atoms with Crippen LogP contribution in [0.3, 0.4) is 0 Å². The molecule has 0 saturated heterocycles. The van der Waals surface area contributed by atoms with E-state index in [0.29, 0.717) is 12.0 Å². The Morgan fingerprint density at radius 3 is 1.47 bits per heavy atom. The highest BCUT2D eigenvalue weighted by atomic mass is 79.9. The van der Waals surface area contributed by atoms with E-state index in [0.717, 1.165) is 46.3 Å². The van der Waals surface area contributed by atoms with Crippen LogP contribution in [-0.2, 0) is 26.4 Å². The van der Waals surface area contributed by atoms with Crippen molar-refractivity contribution < 1.29 is 18.0 Å². The Morgan fingerprint density at radius 1 is 0.766 bits per heavy atom. The van der Waals surface area contributed by atoms with E-state index in [1.54, 1.807) is 0 Å². The highest BCUT2D eigenvalue weighted by Crippen LogP contribution is 2.45. The first-order chi connectivity index (χ1) is 21.5. The SMILES string of the molecule is CC(C)(C)[S@@](=O)N[C@H](c1cccc(Br)n1)C1CC(O)C1.CC(C)(C)[S@@](=O)N[C@H](c1cccc(Br)n1)C1CC(O[Si](C)(C)C(C)(C)C)C1. The third-order valence-corrected chi connectivity index (χ3v) is 17.8. The first kappa shape index (κ1) is 41.0. The highest BCUT2D eigenvalue weighted by molar-refractivity contribution is 9.10. The largest absolute Gasteiger partial charge is 0.414 e. The Morgan fingerprint density at radius 2 is 1.15 bits per heavy atom. The first-order valence-corrected chi connectivity index (χ1v) is 23.2. The maximum Gasteiger partial charge on any atom is 0.192 e. The summed E-state index contributed by atoms with van der Waals surface area (Å²) in [6, 6.07) is 11.6. The van der Waals surface area contributed by atoms with Crippen molar-refractivity contribution in [1.29, 1.82) is 0 Å². The summed E-state index contributed by atoms with van der Waals surface area (Å²) >= 11 is 6.84. The van der Waals surface area contributed by atoms with Crippen molar-refractivity contribution in [2.45, 2.75) is 140 Å². The third kappa shape index (κ3) is 11.8. The van der Waals surface area contributed by atoms with E-state index in [1.807, 2.05) is 77.9 Å². The van der Waals surface area contributed by atoms with E-state index >= 15 is 0 Å². The second-order valence-electron chi connectivity index (χ2n) is 16.3. The van der Waals surface area contributed by atoms with Gasteiger partial charge < -0.3 is 9.53 Å². The Balaban J connectivity index is 0.000000267. The molecule has 0 aromatic carbocycles. The summed E-state index contributed by atoms with van der Waals surface area (Å²) in [7, 11) is -4.06. The van der Waals surface area contributed by atoms with Crippen molar-refractivity contribution in [3.8, 4) is 0 Å². The fraction of sp³-hybridized carbons (Fsp3) is 0.706. The Labute approximate surface area is 306 Å². The highest BCUT2D eigenvalue weighted by Gasteiger charge is 2.45. The molecular formula is C34H56Br2N4O4S2Si. The first-order valence-electron chi connectivity index (χ1n) is 16.4. The summed E-state index contributed by atoms with van der Waals surface area (Å²) in [6.07, 6.45) is 3.50. The molecule has 0 radical (unpaired) electrons. The lowest BCUT2D eigenvalue weighted by Gasteiger charge is -2.47. The van der Waals surface area contributed by atoms with Gasteiger partial charge in [0.05, 0.1) is 61.0 Å². The number of halogens is 2. The molecule has 2 aromatic heterocycles. The molecule has 2 aromatic rings. The summed E-state index contributed by atoms with van der Waals surface area (Å²) in [5.74, 6) is 0.658. The van der Waals surface area contributed by atoms with Crippen molar-refractivity contribution in [2.75, 3.05) is 0 Å². The molecule has 0 aliphatic heterocycles. The van der Waals surface area contributed by atoms with E-state index in [-0.39, 0.29) is 38.6 Å². The average Bonchev–Trinajstić information content (AvgIpc) is 2.89. The van der Waals surface area contributed by atoms with Gasteiger partial charge in [-0.1, -0.05) is 32.9 Å². The Kier molecular flexibility index (Phi) is 14.2. The molecule has 8 nitrogen and oxygen atoms in total. The van der Waals surface area contributed by atoms with Crippen LogP contribution in [0.1, 0.15) is 111 Å². The summed E-state index contributed by atoms with van der Waals surface area (Å²) in [5, 5.41) is 9.75. The summed E-state index contributed by atoms with van der Waals surface area (Å²) in [6.45, 7) is 23.2. The van der Waals surface area contributed by atoms with Crippen molar-refractivity contribution in [1.82, 2.24) is 19.4 Å². The standard InChI is InChI=1S/C20H35BrN2O2SSi.C14H21BrN2O2S/c1-19(2,3)26(24)23-18(16-10-9-11-17(21)22-16)14-12-15(13-14)25-27(7,8)20(4,5)6;1-14(2,3)20(19)17-13(9-7-10(18)8-9)11-5-4-6-12(15)16-11/h9-11,14-15,18,23H,12-13H2,1-8H3;4-6,9-10,13,17-18H,7-8H2,1-3H3/t14?,15?,18-,26+;9?,10?,13-,20+/m00/s1. The predicted molar refractivity (Wildman–Crippen MR) is 205 cm³/mol. The van der Waals surface area contributed by atoms with Gasteiger partial charge in [-0.05, 0) is 153 Å². The van der Waals surface area contributed by atoms with Crippen LogP contribution in [0.4, 0.5) is 0 Å². The maximum absolute atomic E-state index is 12.8. The number of aliphatic hydroxyl groups is 1. The van der Waals surface area contributed by atoms with Crippen molar-refractivity contribution in [3.63, 3.8) is 0 Å². The summed E-state index contributed by atoms with van der Waals surface area (Å²) in [5.41, 5.74) is 1.81. The van der Waals surface area contributed by atoms with Gasteiger partial charge in [0.25, 0.3) is 0 Å². The smallest absolute Gasteiger partial charge is 0.192 e. The van der Waals surface area contributed by atoms with Gasteiger partial charge >= 0.3 is 0 Å². The lowest BCUT2D eigenvalue weighted by atomic mass is 9.76. The van der Waals surface area contributed by atoms with Gasteiger partial charge in [0.2, 0.25) is 0 Å². The number of aliphatic hydroxyl groups excluding tert-OH is 1. The monoisotopic (exact) mass is 834 g/mol. The molecule has 3 N–H and O–H groups in total. The summed E-state index contributed by atoms with van der Waals surface area (Å²) < 4.78 is 39.2. The minimum atomic E-state index is -1.76. The average molecular weight is 837 g/mol. The van der Waals surface area contributed by atoms with E-state index in [9.17, 15) is 13.5 Å². The molecule has 0 unspecified atom stereocenters. The second-order valence-corrected chi connectivity index (χ2v) is 26.7. The van der Waals surface area contributed by atoms with Crippen LogP contribution in [0.5, 0.6) is 0 Å². The Bertz CT molecular complexity index is 1390.